The summed E-state index contributed by atoms with van der Waals surface area (Å²) in [5.41, 5.74) is -0.122. The molecule has 10 heteroatoms. The lowest BCUT2D eigenvalue weighted by molar-refractivity contribution is -0.158. The second kappa shape index (κ2) is 6.98. The van der Waals surface area contributed by atoms with Gasteiger partial charge in [-0.3, -0.25) is 0 Å². The summed E-state index contributed by atoms with van der Waals surface area (Å²) in [4.78, 5) is 17.5. The highest BCUT2D eigenvalue weighted by atomic mass is 19.4. The van der Waals surface area contributed by atoms with Crippen LogP contribution >= 0.6 is 0 Å². The fourth-order valence-electron chi connectivity index (χ4n) is 2.57. The van der Waals surface area contributed by atoms with E-state index in [0.29, 0.717) is 6.42 Å². The molecular weight excluding hydrogens is 327 g/mol. The summed E-state index contributed by atoms with van der Waals surface area (Å²) in [5.74, 6) is -0.299. The van der Waals surface area contributed by atoms with Gasteiger partial charge in [0.15, 0.2) is 6.04 Å². The number of imidazole rings is 1. The van der Waals surface area contributed by atoms with Crippen LogP contribution in [-0.4, -0.2) is 66.1 Å². The average molecular weight is 349 g/mol. The first kappa shape index (κ1) is 18.5. The molecule has 136 valence electrons. The van der Waals surface area contributed by atoms with Gasteiger partial charge in [0.25, 0.3) is 0 Å². The molecule has 1 saturated heterocycles. The zero-order valence-corrected chi connectivity index (χ0v) is 13.9. The van der Waals surface area contributed by atoms with Crippen LogP contribution in [0.4, 0.5) is 18.0 Å². The number of alkyl halides is 3. The Labute approximate surface area is 138 Å². The van der Waals surface area contributed by atoms with Crippen LogP contribution in [0.2, 0.25) is 0 Å². The maximum absolute atomic E-state index is 13.2. The molecule has 0 bridgehead atoms. The van der Waals surface area contributed by atoms with E-state index in [9.17, 15) is 18.0 Å². The number of aryl methyl sites for hydroxylation is 1. The van der Waals surface area contributed by atoms with Gasteiger partial charge in [-0.05, 0) is 14.1 Å². The standard InChI is InChI=1S/C14H22F3N5O2/c1-21(2)13(8-18-9-13)4-7-24-12(23)20-10(14(15,16)17)11-19-5-6-22(11)3/h5-6,10,18H,4,7-9H2,1-3H3,(H,20,23). The molecule has 2 N–H and O–H groups in total. The van der Waals surface area contributed by atoms with Gasteiger partial charge in [-0.1, -0.05) is 0 Å². The number of hydrogen-bond acceptors (Lipinski definition) is 5. The van der Waals surface area contributed by atoms with E-state index in [1.54, 1.807) is 0 Å². The lowest BCUT2D eigenvalue weighted by Crippen LogP contribution is -2.67. The molecule has 0 saturated carbocycles. The number of nitrogens with one attached hydrogen (secondary N) is 2. The van der Waals surface area contributed by atoms with Gasteiger partial charge in [0.2, 0.25) is 0 Å². The summed E-state index contributed by atoms with van der Waals surface area (Å²) in [6, 6.07) is -2.21. The third-order valence-electron chi connectivity index (χ3n) is 4.36. The molecule has 1 atom stereocenters. The Morgan fingerprint density at radius 1 is 1.54 bits per heavy atom. The van der Waals surface area contributed by atoms with Crippen LogP contribution in [0.15, 0.2) is 12.4 Å². The van der Waals surface area contributed by atoms with Crippen LogP contribution in [0.25, 0.3) is 0 Å². The summed E-state index contributed by atoms with van der Waals surface area (Å²) >= 11 is 0. The van der Waals surface area contributed by atoms with E-state index >= 15 is 0 Å². The molecule has 1 aromatic heterocycles. The zero-order valence-electron chi connectivity index (χ0n) is 13.9. The van der Waals surface area contributed by atoms with E-state index in [4.69, 9.17) is 4.74 Å². The highest BCUT2D eigenvalue weighted by Gasteiger charge is 2.45. The minimum Gasteiger partial charge on any atom is -0.449 e. The topological polar surface area (TPSA) is 71.4 Å². The summed E-state index contributed by atoms with van der Waals surface area (Å²) in [6.45, 7) is 1.55. The van der Waals surface area contributed by atoms with Crippen molar-refractivity contribution in [1.29, 1.82) is 0 Å². The van der Waals surface area contributed by atoms with E-state index in [0.717, 1.165) is 13.1 Å². The van der Waals surface area contributed by atoms with Crippen molar-refractivity contribution in [3.05, 3.63) is 18.2 Å². The lowest BCUT2D eigenvalue weighted by atomic mass is 9.88. The van der Waals surface area contributed by atoms with E-state index in [-0.39, 0.29) is 18.0 Å². The largest absolute Gasteiger partial charge is 0.449 e. The monoisotopic (exact) mass is 349 g/mol. The molecule has 1 aliphatic rings. The first-order valence-corrected chi connectivity index (χ1v) is 7.51. The zero-order chi connectivity index (χ0) is 18.0. The van der Waals surface area contributed by atoms with E-state index < -0.39 is 18.3 Å². The number of hydrogen-bond donors (Lipinski definition) is 2. The van der Waals surface area contributed by atoms with Gasteiger partial charge >= 0.3 is 12.3 Å². The Hall–Kier alpha value is -1.81. The molecule has 1 fully saturated rings. The first-order chi connectivity index (χ1) is 11.2. The van der Waals surface area contributed by atoms with E-state index in [1.165, 1.54) is 24.0 Å². The number of nitrogens with zero attached hydrogens (tertiary/aromatic N) is 3. The van der Waals surface area contributed by atoms with Crippen LogP contribution in [-0.2, 0) is 11.8 Å². The van der Waals surface area contributed by atoms with Crippen LogP contribution in [0, 0.1) is 0 Å². The third-order valence-corrected chi connectivity index (χ3v) is 4.36. The molecule has 1 aromatic rings. The SMILES string of the molecule is CN(C)C1(CCOC(=O)NC(c2nccn2C)C(F)(F)F)CNC1. The number of amides is 1. The minimum atomic E-state index is -4.67. The van der Waals surface area contributed by atoms with Crippen molar-refractivity contribution in [3.8, 4) is 0 Å². The first-order valence-electron chi connectivity index (χ1n) is 7.51. The van der Waals surface area contributed by atoms with Crippen molar-refractivity contribution >= 4 is 6.09 Å². The molecule has 2 rings (SSSR count). The summed E-state index contributed by atoms with van der Waals surface area (Å²) in [7, 11) is 5.27. The summed E-state index contributed by atoms with van der Waals surface area (Å²) < 4.78 is 45.7. The average Bonchev–Trinajstić information content (AvgIpc) is 2.83. The number of aromatic nitrogens is 2. The molecule has 0 aromatic carbocycles. The predicted molar refractivity (Wildman–Crippen MR) is 80.4 cm³/mol. The van der Waals surface area contributed by atoms with Crippen LogP contribution in [0.3, 0.4) is 0 Å². The van der Waals surface area contributed by atoms with Crippen LogP contribution in [0.1, 0.15) is 18.3 Å². The van der Waals surface area contributed by atoms with Gasteiger partial charge in [-0.2, -0.15) is 13.2 Å². The van der Waals surface area contributed by atoms with Crippen molar-refractivity contribution in [2.24, 2.45) is 7.05 Å². The smallest absolute Gasteiger partial charge is 0.416 e. The Kier molecular flexibility index (Phi) is 5.38. The second-order valence-corrected chi connectivity index (χ2v) is 6.12. The van der Waals surface area contributed by atoms with Crippen LogP contribution in [0.5, 0.6) is 0 Å². The van der Waals surface area contributed by atoms with Crippen molar-refractivity contribution in [3.63, 3.8) is 0 Å². The van der Waals surface area contributed by atoms with Crippen molar-refractivity contribution < 1.29 is 22.7 Å². The second-order valence-electron chi connectivity index (χ2n) is 6.12. The quantitative estimate of drug-likeness (QED) is 0.803. The number of likely N-dealkylation sites (N-methyl/N-ethyl adjacent to an activating group) is 1. The highest BCUT2D eigenvalue weighted by Crippen LogP contribution is 2.31. The fourth-order valence-corrected chi connectivity index (χ4v) is 2.57. The molecule has 2 heterocycles. The Bertz CT molecular complexity index is 569. The van der Waals surface area contributed by atoms with Gasteiger partial charge in [0.1, 0.15) is 5.82 Å². The molecule has 1 aliphatic heterocycles. The molecular formula is C14H22F3N5O2. The van der Waals surface area contributed by atoms with Gasteiger partial charge in [-0.15, -0.1) is 0 Å². The van der Waals surface area contributed by atoms with Crippen molar-refractivity contribution in [2.75, 3.05) is 33.8 Å². The number of carbonyl (C=O) groups excluding carboxylic acids is 1. The third kappa shape index (κ3) is 3.99. The molecule has 1 unspecified atom stereocenters. The molecule has 24 heavy (non-hydrogen) atoms. The number of halogens is 3. The Morgan fingerprint density at radius 3 is 2.62 bits per heavy atom. The number of carbonyl (C=O) groups is 1. The molecule has 1 amide bonds. The fraction of sp³-hybridized carbons (Fsp3) is 0.714. The van der Waals surface area contributed by atoms with Gasteiger partial charge in [0, 0.05) is 44.5 Å². The highest BCUT2D eigenvalue weighted by molar-refractivity contribution is 5.67. The van der Waals surface area contributed by atoms with Gasteiger partial charge in [-0.25, -0.2) is 9.78 Å². The normalized spacial score (nSPS) is 18.1. The molecule has 0 radical (unpaired) electrons. The van der Waals surface area contributed by atoms with Gasteiger partial charge in [0.05, 0.1) is 6.61 Å². The minimum absolute atomic E-state index is 0.0385. The maximum atomic E-state index is 13.2. The summed E-state index contributed by atoms with van der Waals surface area (Å²) in [6.07, 6.45) is -2.61. The number of alkyl carbamates (subject to hydrolysis) is 1. The maximum Gasteiger partial charge on any atom is 0.416 e. The number of ether oxygens (including phenoxy) is 1. The van der Waals surface area contributed by atoms with E-state index in [2.05, 4.69) is 10.3 Å². The lowest BCUT2D eigenvalue weighted by Gasteiger charge is -2.47. The van der Waals surface area contributed by atoms with Crippen LogP contribution < -0.4 is 10.6 Å². The Balaban J connectivity index is 1.91. The molecule has 0 spiro atoms. The molecule has 0 aliphatic carbocycles. The Morgan fingerprint density at radius 2 is 2.21 bits per heavy atom. The molecule has 7 nitrogen and oxygen atoms in total. The predicted octanol–water partition coefficient (Wildman–Crippen LogP) is 1.04. The van der Waals surface area contributed by atoms with Crippen molar-refractivity contribution in [1.82, 2.24) is 25.1 Å². The number of rotatable bonds is 6. The van der Waals surface area contributed by atoms with E-state index in [1.807, 2.05) is 24.3 Å². The van der Waals surface area contributed by atoms with Gasteiger partial charge < -0.3 is 24.8 Å². The summed E-state index contributed by atoms with van der Waals surface area (Å²) in [5, 5.41) is 4.99. The van der Waals surface area contributed by atoms with Crippen molar-refractivity contribution in [2.45, 2.75) is 24.2 Å².